The molecule has 3 aromatic rings. The highest BCUT2D eigenvalue weighted by molar-refractivity contribution is 5.96. The van der Waals surface area contributed by atoms with Gasteiger partial charge in [0, 0.05) is 24.3 Å². The number of aromatic hydroxyl groups is 2. The van der Waals surface area contributed by atoms with Crippen LogP contribution in [0.5, 0.6) is 23.0 Å². The monoisotopic (exact) mass is 582 g/mol. The highest BCUT2D eigenvalue weighted by atomic mass is 16.7. The number of benzene rings is 2. The maximum absolute atomic E-state index is 13.0. The molecule has 2 aliphatic rings. The Labute approximate surface area is 230 Å². The van der Waals surface area contributed by atoms with E-state index in [2.05, 4.69) is 0 Å². The van der Waals surface area contributed by atoms with Crippen LogP contribution in [0.3, 0.4) is 0 Å². The van der Waals surface area contributed by atoms with Crippen molar-refractivity contribution >= 4 is 21.9 Å². The van der Waals surface area contributed by atoms with E-state index >= 15 is 0 Å². The molecule has 5 rings (SSSR count). The van der Waals surface area contributed by atoms with Crippen LogP contribution in [0, 0.1) is 0 Å². The SMILES string of the molecule is COc1cc(O)c2c(=O)c3c(O)cc(O[C@@H]4O[C@H](CO[C@@H]5O[C@@H](C)[C@H](O)[C@@H](O)[C@H]5O)[C@@H](O)[C@H](O)[C@H]4O)cc3oc2c1. The van der Waals surface area contributed by atoms with Crippen molar-refractivity contribution in [1.82, 2.24) is 0 Å². The summed E-state index contributed by atoms with van der Waals surface area (Å²) in [4.78, 5) is 13.0. The van der Waals surface area contributed by atoms with Crippen molar-refractivity contribution in [3.8, 4) is 23.0 Å². The number of hydrogen-bond donors (Lipinski definition) is 8. The zero-order valence-corrected chi connectivity index (χ0v) is 21.7. The van der Waals surface area contributed by atoms with E-state index in [0.717, 1.165) is 6.07 Å². The molecule has 0 saturated carbocycles. The molecule has 2 saturated heterocycles. The third-order valence-corrected chi connectivity index (χ3v) is 7.17. The Hall–Kier alpha value is -3.25. The van der Waals surface area contributed by atoms with Gasteiger partial charge in [0.2, 0.25) is 11.7 Å². The average Bonchev–Trinajstić information content (AvgIpc) is 2.93. The summed E-state index contributed by atoms with van der Waals surface area (Å²) in [6.45, 7) is 0.951. The number of aliphatic hydroxyl groups excluding tert-OH is 6. The Morgan fingerprint density at radius 3 is 1.93 bits per heavy atom. The molecule has 8 N–H and O–H groups in total. The quantitative estimate of drug-likeness (QED) is 0.153. The zero-order valence-electron chi connectivity index (χ0n) is 21.7. The van der Waals surface area contributed by atoms with Crippen LogP contribution < -0.4 is 14.9 Å². The van der Waals surface area contributed by atoms with Crippen LogP contribution in [0.25, 0.3) is 21.9 Å². The molecule has 0 aliphatic carbocycles. The van der Waals surface area contributed by atoms with Gasteiger partial charge in [-0.25, -0.2) is 0 Å². The number of hydrogen-bond acceptors (Lipinski definition) is 15. The lowest BCUT2D eigenvalue weighted by atomic mass is 9.98. The second-order valence-electron chi connectivity index (χ2n) is 9.91. The fourth-order valence-electron chi connectivity index (χ4n) is 4.83. The van der Waals surface area contributed by atoms with Gasteiger partial charge in [0.1, 0.15) is 87.7 Å². The van der Waals surface area contributed by atoms with E-state index in [9.17, 15) is 45.6 Å². The molecule has 15 nitrogen and oxygen atoms in total. The Morgan fingerprint density at radius 1 is 0.732 bits per heavy atom. The topological polar surface area (TPSA) is 238 Å². The van der Waals surface area contributed by atoms with Crippen LogP contribution in [-0.2, 0) is 14.2 Å². The third-order valence-electron chi connectivity index (χ3n) is 7.17. The van der Waals surface area contributed by atoms with Crippen LogP contribution in [0.15, 0.2) is 33.5 Å². The number of phenols is 2. The van der Waals surface area contributed by atoms with Gasteiger partial charge in [-0.05, 0) is 6.92 Å². The van der Waals surface area contributed by atoms with Gasteiger partial charge in [-0.15, -0.1) is 0 Å². The summed E-state index contributed by atoms with van der Waals surface area (Å²) in [7, 11) is 1.36. The smallest absolute Gasteiger partial charge is 0.229 e. The average molecular weight is 583 g/mol. The lowest BCUT2D eigenvalue weighted by Gasteiger charge is -2.42. The van der Waals surface area contributed by atoms with E-state index in [1.165, 1.54) is 32.2 Å². The molecule has 0 unspecified atom stereocenters. The maximum Gasteiger partial charge on any atom is 0.229 e. The van der Waals surface area contributed by atoms with Gasteiger partial charge in [0.05, 0.1) is 19.8 Å². The van der Waals surface area contributed by atoms with Crippen molar-refractivity contribution in [3.05, 3.63) is 34.5 Å². The second-order valence-corrected chi connectivity index (χ2v) is 9.91. The van der Waals surface area contributed by atoms with E-state index in [4.69, 9.17) is 28.1 Å². The predicted molar refractivity (Wildman–Crippen MR) is 135 cm³/mol. The van der Waals surface area contributed by atoms with Gasteiger partial charge in [-0.2, -0.15) is 0 Å². The highest BCUT2D eigenvalue weighted by Crippen LogP contribution is 2.36. The van der Waals surface area contributed by atoms with Crippen LogP contribution in [-0.4, -0.2) is 116 Å². The maximum atomic E-state index is 13.0. The summed E-state index contributed by atoms with van der Waals surface area (Å²) in [6, 6.07) is 4.83. The molecule has 2 aliphatic heterocycles. The molecule has 0 amide bonds. The van der Waals surface area contributed by atoms with Crippen molar-refractivity contribution in [2.24, 2.45) is 0 Å². The van der Waals surface area contributed by atoms with E-state index < -0.39 is 84.9 Å². The molecule has 3 heterocycles. The normalized spacial score (nSPS) is 34.1. The minimum atomic E-state index is -1.78. The predicted octanol–water partition coefficient (Wildman–Crippen LogP) is -1.60. The van der Waals surface area contributed by atoms with Gasteiger partial charge in [-0.1, -0.05) is 0 Å². The van der Waals surface area contributed by atoms with Crippen molar-refractivity contribution < 1.29 is 69.0 Å². The largest absolute Gasteiger partial charge is 0.507 e. The van der Waals surface area contributed by atoms with E-state index in [1.807, 2.05) is 0 Å². The Balaban J connectivity index is 1.38. The van der Waals surface area contributed by atoms with Crippen molar-refractivity contribution in [1.29, 1.82) is 0 Å². The summed E-state index contributed by atoms with van der Waals surface area (Å²) < 4.78 is 32.8. The summed E-state index contributed by atoms with van der Waals surface area (Å²) in [5.41, 5.74) is -0.914. The molecule has 1 aromatic heterocycles. The number of aliphatic hydroxyl groups is 6. The summed E-state index contributed by atoms with van der Waals surface area (Å²) in [5, 5.41) is 81.7. The Kier molecular flexibility index (Phi) is 7.99. The lowest BCUT2D eigenvalue weighted by Crippen LogP contribution is -2.61. The van der Waals surface area contributed by atoms with Gasteiger partial charge >= 0.3 is 0 Å². The van der Waals surface area contributed by atoms with Crippen LogP contribution in [0.2, 0.25) is 0 Å². The number of fused-ring (bicyclic) bond motifs is 2. The lowest BCUT2D eigenvalue weighted by molar-refractivity contribution is -0.318. The van der Waals surface area contributed by atoms with Crippen LogP contribution in [0.4, 0.5) is 0 Å². The first-order valence-corrected chi connectivity index (χ1v) is 12.6. The molecule has 2 fully saturated rings. The molecule has 224 valence electrons. The fourth-order valence-corrected chi connectivity index (χ4v) is 4.83. The Bertz CT molecular complexity index is 1470. The molecule has 0 spiro atoms. The highest BCUT2D eigenvalue weighted by Gasteiger charge is 2.47. The fraction of sp³-hybridized carbons (Fsp3) is 0.500. The minimum Gasteiger partial charge on any atom is -0.507 e. The van der Waals surface area contributed by atoms with Crippen molar-refractivity contribution in [2.75, 3.05) is 13.7 Å². The summed E-state index contributed by atoms with van der Waals surface area (Å²) >= 11 is 0. The summed E-state index contributed by atoms with van der Waals surface area (Å²) in [5.74, 6) is -0.943. The Morgan fingerprint density at radius 2 is 1.29 bits per heavy atom. The van der Waals surface area contributed by atoms with Gasteiger partial charge < -0.3 is 69.0 Å². The van der Waals surface area contributed by atoms with Crippen LogP contribution >= 0.6 is 0 Å². The number of methoxy groups -OCH3 is 1. The van der Waals surface area contributed by atoms with Gasteiger partial charge in [0.15, 0.2) is 6.29 Å². The molecule has 15 heteroatoms. The van der Waals surface area contributed by atoms with Gasteiger partial charge in [0.25, 0.3) is 0 Å². The first-order valence-electron chi connectivity index (χ1n) is 12.6. The molecule has 41 heavy (non-hydrogen) atoms. The molecular formula is C26H30O15. The van der Waals surface area contributed by atoms with Crippen molar-refractivity contribution in [2.45, 2.75) is 68.3 Å². The first-order chi connectivity index (χ1) is 19.4. The number of rotatable bonds is 6. The first kappa shape index (κ1) is 29.2. The van der Waals surface area contributed by atoms with E-state index in [0.29, 0.717) is 0 Å². The van der Waals surface area contributed by atoms with Gasteiger partial charge in [-0.3, -0.25) is 4.79 Å². The third kappa shape index (κ3) is 5.27. The molecule has 2 aromatic carbocycles. The molecule has 0 bridgehead atoms. The number of phenolic OH excluding ortho intramolecular Hbond substituents is 2. The standard InChI is InChI=1S/C26H30O15/c1-8-18(29)21(32)23(34)25(38-8)37-7-15-19(30)22(33)24(35)26(41-15)39-10-4-12(28)17-14(6-10)40-13-5-9(36-2)3-11(27)16(13)20(17)31/h3-6,8,15,18-19,21-30,32-35H,7H2,1-2H3/t8-,15+,18-,19+,21+,22-,23+,24+,25+,26+/m0/s1. The second kappa shape index (κ2) is 11.2. The minimum absolute atomic E-state index is 0.0420. The number of ether oxygens (including phenoxy) is 5. The molecule has 0 radical (unpaired) electrons. The molecular weight excluding hydrogens is 552 g/mol. The molecule has 10 atom stereocenters. The van der Waals surface area contributed by atoms with Crippen molar-refractivity contribution in [3.63, 3.8) is 0 Å². The van der Waals surface area contributed by atoms with E-state index in [-0.39, 0.29) is 33.4 Å². The van der Waals surface area contributed by atoms with E-state index in [1.54, 1.807) is 0 Å². The van der Waals surface area contributed by atoms with Crippen LogP contribution in [0.1, 0.15) is 6.92 Å². The zero-order chi connectivity index (χ0) is 29.7. The summed E-state index contributed by atoms with van der Waals surface area (Å²) in [6.07, 6.45) is -15.0.